The number of carbonyl (C=O) groups excluding carboxylic acids is 2. The average Bonchev–Trinajstić information content (AvgIpc) is 3.06. The molecule has 0 spiro atoms. The van der Waals surface area contributed by atoms with E-state index in [1.165, 1.54) is 0 Å². The Morgan fingerprint density at radius 3 is 2.85 bits per heavy atom. The summed E-state index contributed by atoms with van der Waals surface area (Å²) < 4.78 is 6.88. The van der Waals surface area contributed by atoms with Crippen molar-refractivity contribution in [3.05, 3.63) is 42.0 Å². The largest absolute Gasteiger partial charge is 0.377 e. The fourth-order valence-corrected chi connectivity index (χ4v) is 2.97. The lowest BCUT2D eigenvalue weighted by Crippen LogP contribution is -2.47. The molecule has 0 fully saturated rings. The van der Waals surface area contributed by atoms with Crippen LogP contribution in [0.4, 0.5) is 10.5 Å². The number of fused-ring (bicyclic) bond motifs is 1. The number of anilines is 1. The molecule has 3 rings (SSSR count). The molecule has 0 bridgehead atoms. The summed E-state index contributed by atoms with van der Waals surface area (Å²) >= 11 is 0. The molecule has 144 valence electrons. The number of aromatic nitrogens is 3. The quantitative estimate of drug-likeness (QED) is 0.713. The van der Waals surface area contributed by atoms with Gasteiger partial charge in [0, 0.05) is 19.3 Å². The number of methoxy groups -OCH3 is 1. The van der Waals surface area contributed by atoms with Crippen molar-refractivity contribution in [3.63, 3.8) is 0 Å². The molecular formula is C18H24N6O3. The van der Waals surface area contributed by atoms with Gasteiger partial charge in [0.25, 0.3) is 0 Å². The molecule has 0 saturated heterocycles. The van der Waals surface area contributed by atoms with Crippen LogP contribution >= 0.6 is 0 Å². The van der Waals surface area contributed by atoms with Crippen molar-refractivity contribution in [3.8, 4) is 0 Å². The fraction of sp³-hybridized carbons (Fsp3) is 0.444. The van der Waals surface area contributed by atoms with Crippen molar-refractivity contribution < 1.29 is 14.3 Å². The fourth-order valence-electron chi connectivity index (χ4n) is 2.97. The Balaban J connectivity index is 1.56. The Morgan fingerprint density at radius 2 is 2.11 bits per heavy atom. The summed E-state index contributed by atoms with van der Waals surface area (Å²) in [5, 5.41) is 12.7. The first kappa shape index (κ1) is 18.8. The first-order valence-electron chi connectivity index (χ1n) is 8.92. The summed E-state index contributed by atoms with van der Waals surface area (Å²) in [4.78, 5) is 29.0. The third-order valence-electron chi connectivity index (χ3n) is 4.28. The molecule has 0 aliphatic carbocycles. The van der Waals surface area contributed by atoms with Gasteiger partial charge in [-0.3, -0.25) is 4.79 Å². The van der Waals surface area contributed by atoms with Gasteiger partial charge in [0.05, 0.1) is 6.04 Å². The number of amides is 3. The van der Waals surface area contributed by atoms with E-state index in [1.807, 2.05) is 22.9 Å². The van der Waals surface area contributed by atoms with Crippen molar-refractivity contribution in [2.45, 2.75) is 45.0 Å². The molecule has 3 amide bonds. The van der Waals surface area contributed by atoms with Crippen LogP contribution in [0.3, 0.4) is 0 Å². The van der Waals surface area contributed by atoms with Crippen LogP contribution in [0.25, 0.3) is 0 Å². The number of para-hydroxylation sites is 1. The molecule has 1 aliphatic rings. The molecule has 0 radical (unpaired) electrons. The molecule has 1 aromatic heterocycles. The molecule has 2 heterocycles. The Kier molecular flexibility index (Phi) is 6.02. The number of benzene rings is 1. The number of hydrogen-bond donors (Lipinski definition) is 3. The van der Waals surface area contributed by atoms with E-state index in [0.29, 0.717) is 18.1 Å². The van der Waals surface area contributed by atoms with E-state index in [0.717, 1.165) is 25.2 Å². The highest BCUT2D eigenvalue weighted by Crippen LogP contribution is 2.23. The number of nitrogens with zero attached hydrogens (tertiary/aromatic N) is 3. The number of urea groups is 1. The second kappa shape index (κ2) is 8.63. The van der Waals surface area contributed by atoms with E-state index < -0.39 is 12.1 Å². The predicted octanol–water partition coefficient (Wildman–Crippen LogP) is 1.59. The smallest absolute Gasteiger partial charge is 0.319 e. The minimum atomic E-state index is -0.689. The Labute approximate surface area is 157 Å². The van der Waals surface area contributed by atoms with Crippen LogP contribution < -0.4 is 16.0 Å². The van der Waals surface area contributed by atoms with Gasteiger partial charge in [-0.15, -0.1) is 0 Å². The van der Waals surface area contributed by atoms with Gasteiger partial charge in [0.2, 0.25) is 5.91 Å². The van der Waals surface area contributed by atoms with E-state index in [-0.39, 0.29) is 11.9 Å². The van der Waals surface area contributed by atoms with E-state index in [1.54, 1.807) is 26.2 Å². The molecule has 3 N–H and O–H groups in total. The van der Waals surface area contributed by atoms with E-state index in [2.05, 4.69) is 26.0 Å². The van der Waals surface area contributed by atoms with E-state index in [4.69, 9.17) is 4.74 Å². The SMILES string of the molecule is COCc1nc2n(n1)CCCC2NC(=O)C(C)NC(=O)Nc1ccccc1. The van der Waals surface area contributed by atoms with Crippen LogP contribution in [0.5, 0.6) is 0 Å². The summed E-state index contributed by atoms with van der Waals surface area (Å²) in [6, 6.07) is 7.70. The van der Waals surface area contributed by atoms with Gasteiger partial charge < -0.3 is 20.7 Å². The normalized spacial score (nSPS) is 16.9. The second-order valence-corrected chi connectivity index (χ2v) is 6.43. The lowest BCUT2D eigenvalue weighted by Gasteiger charge is -2.24. The predicted molar refractivity (Wildman–Crippen MR) is 98.9 cm³/mol. The standard InChI is InChI=1S/C18H24N6O3/c1-12(19-18(26)20-13-7-4-3-5-8-13)17(25)21-14-9-6-10-24-16(14)22-15(23-24)11-27-2/h3-5,7-8,12,14H,6,9-11H2,1-2H3,(H,21,25)(H2,19,20,26). The van der Waals surface area contributed by atoms with Crippen molar-refractivity contribution in [2.75, 3.05) is 12.4 Å². The summed E-state index contributed by atoms with van der Waals surface area (Å²) in [5.74, 6) is 1.05. The number of nitrogens with one attached hydrogen (secondary N) is 3. The van der Waals surface area contributed by atoms with Gasteiger partial charge >= 0.3 is 6.03 Å². The maximum atomic E-state index is 12.5. The Morgan fingerprint density at radius 1 is 1.33 bits per heavy atom. The third-order valence-corrected chi connectivity index (χ3v) is 4.28. The van der Waals surface area contributed by atoms with Crippen LogP contribution in [-0.2, 0) is 22.7 Å². The lowest BCUT2D eigenvalue weighted by molar-refractivity contribution is -0.123. The molecule has 0 saturated carbocycles. The van der Waals surface area contributed by atoms with Crippen molar-refractivity contribution in [1.29, 1.82) is 0 Å². The maximum Gasteiger partial charge on any atom is 0.319 e. The minimum Gasteiger partial charge on any atom is -0.377 e. The highest BCUT2D eigenvalue weighted by molar-refractivity contribution is 5.93. The van der Waals surface area contributed by atoms with Crippen molar-refractivity contribution in [1.82, 2.24) is 25.4 Å². The number of aryl methyl sites for hydroxylation is 1. The van der Waals surface area contributed by atoms with Crippen LogP contribution in [0.2, 0.25) is 0 Å². The van der Waals surface area contributed by atoms with Crippen LogP contribution in [0.1, 0.15) is 37.5 Å². The lowest BCUT2D eigenvalue weighted by atomic mass is 10.1. The first-order valence-corrected chi connectivity index (χ1v) is 8.92. The zero-order valence-corrected chi connectivity index (χ0v) is 15.4. The monoisotopic (exact) mass is 372 g/mol. The van der Waals surface area contributed by atoms with Crippen LogP contribution in [-0.4, -0.2) is 39.9 Å². The third kappa shape index (κ3) is 4.82. The van der Waals surface area contributed by atoms with Gasteiger partial charge in [-0.1, -0.05) is 18.2 Å². The van der Waals surface area contributed by atoms with Crippen molar-refractivity contribution in [2.24, 2.45) is 0 Å². The van der Waals surface area contributed by atoms with Gasteiger partial charge in [-0.25, -0.2) is 14.5 Å². The average molecular weight is 372 g/mol. The second-order valence-electron chi connectivity index (χ2n) is 6.43. The summed E-state index contributed by atoms with van der Waals surface area (Å²) in [5.41, 5.74) is 0.661. The van der Waals surface area contributed by atoms with Crippen LogP contribution in [0, 0.1) is 0 Å². The Bertz CT molecular complexity index is 792. The van der Waals surface area contributed by atoms with Gasteiger partial charge in [0.15, 0.2) is 5.82 Å². The van der Waals surface area contributed by atoms with E-state index >= 15 is 0 Å². The molecule has 9 heteroatoms. The molecular weight excluding hydrogens is 348 g/mol. The summed E-state index contributed by atoms with van der Waals surface area (Å²) in [7, 11) is 1.59. The van der Waals surface area contributed by atoms with E-state index in [9.17, 15) is 9.59 Å². The molecule has 27 heavy (non-hydrogen) atoms. The molecule has 2 atom stereocenters. The molecule has 1 aliphatic heterocycles. The molecule has 2 unspecified atom stereocenters. The number of rotatable bonds is 6. The maximum absolute atomic E-state index is 12.5. The van der Waals surface area contributed by atoms with Gasteiger partial charge in [-0.05, 0) is 31.9 Å². The van der Waals surface area contributed by atoms with Crippen LogP contribution in [0.15, 0.2) is 30.3 Å². The molecule has 2 aromatic rings. The van der Waals surface area contributed by atoms with Gasteiger partial charge in [-0.2, -0.15) is 5.10 Å². The molecule has 9 nitrogen and oxygen atoms in total. The highest BCUT2D eigenvalue weighted by Gasteiger charge is 2.27. The number of hydrogen-bond acceptors (Lipinski definition) is 5. The zero-order chi connectivity index (χ0) is 19.2. The summed E-state index contributed by atoms with van der Waals surface area (Å²) in [6.45, 7) is 2.74. The first-order chi connectivity index (χ1) is 13.1. The van der Waals surface area contributed by atoms with Gasteiger partial charge in [0.1, 0.15) is 18.5 Å². The van der Waals surface area contributed by atoms with Crippen molar-refractivity contribution >= 4 is 17.6 Å². The minimum absolute atomic E-state index is 0.231. The number of ether oxygens (including phenoxy) is 1. The molecule has 1 aromatic carbocycles. The topological polar surface area (TPSA) is 110 Å². The Hall–Kier alpha value is -2.94. The number of carbonyl (C=O) groups is 2. The zero-order valence-electron chi connectivity index (χ0n) is 15.4. The summed E-state index contributed by atoms with van der Waals surface area (Å²) in [6.07, 6.45) is 1.67. The highest BCUT2D eigenvalue weighted by atomic mass is 16.5.